The third kappa shape index (κ3) is 4.80. The minimum absolute atomic E-state index is 0.0153. The number of amides is 1. The number of Topliss-reactive ketones (excluding diaryl/α,β-unsaturated/α-hetero) is 1. The summed E-state index contributed by atoms with van der Waals surface area (Å²) >= 11 is 1.23. The molecule has 0 spiro atoms. The third-order valence-corrected chi connectivity index (χ3v) is 8.03. The molecule has 1 aliphatic rings. The fourth-order valence-corrected chi connectivity index (χ4v) is 5.89. The molecule has 1 aromatic heterocycles. The van der Waals surface area contributed by atoms with Crippen LogP contribution in [0.25, 0.3) is 10.6 Å². The molecule has 0 radical (unpaired) electrons. The predicted octanol–water partition coefficient (Wildman–Crippen LogP) is 5.92. The molecule has 1 unspecified atom stereocenters. The van der Waals surface area contributed by atoms with Crippen LogP contribution in [0.1, 0.15) is 32.5 Å². The fourth-order valence-electron chi connectivity index (χ4n) is 4.87. The highest BCUT2D eigenvalue weighted by atomic mass is 32.1. The van der Waals surface area contributed by atoms with E-state index in [0.29, 0.717) is 38.4 Å². The first kappa shape index (κ1) is 27.0. The van der Waals surface area contributed by atoms with Crippen molar-refractivity contribution in [2.45, 2.75) is 19.5 Å². The minimum atomic E-state index is -0.897. The van der Waals surface area contributed by atoms with Gasteiger partial charge in [-0.05, 0) is 30.7 Å². The number of rotatable bonds is 9. The van der Waals surface area contributed by atoms with Crippen LogP contribution in [0.3, 0.4) is 0 Å². The molecule has 2 heterocycles. The van der Waals surface area contributed by atoms with Gasteiger partial charge in [-0.3, -0.25) is 9.59 Å². The highest BCUT2D eigenvalue weighted by molar-refractivity contribution is 7.17. The van der Waals surface area contributed by atoms with Crippen LogP contribution in [0, 0.1) is 6.92 Å². The topological polar surface area (TPSA) is 98.2 Å². The Hall–Kier alpha value is -4.63. The van der Waals surface area contributed by atoms with Crippen molar-refractivity contribution < 1.29 is 28.9 Å². The zero-order valence-electron chi connectivity index (χ0n) is 22.5. The van der Waals surface area contributed by atoms with Gasteiger partial charge >= 0.3 is 0 Å². The first-order valence-electron chi connectivity index (χ1n) is 12.5. The Morgan fingerprint density at radius 2 is 1.60 bits per heavy atom. The van der Waals surface area contributed by atoms with Crippen molar-refractivity contribution >= 4 is 23.0 Å². The Morgan fingerprint density at radius 3 is 2.30 bits per heavy atom. The monoisotopic (exact) mass is 556 g/mol. The number of carbonyl (C=O) groups is 2. The van der Waals surface area contributed by atoms with Crippen LogP contribution < -0.4 is 14.2 Å². The van der Waals surface area contributed by atoms with E-state index in [1.54, 1.807) is 38.3 Å². The second kappa shape index (κ2) is 11.2. The van der Waals surface area contributed by atoms with Gasteiger partial charge in [0.15, 0.2) is 17.3 Å². The third-order valence-electron chi connectivity index (χ3n) is 6.83. The summed E-state index contributed by atoms with van der Waals surface area (Å²) in [5.41, 5.74) is 2.70. The van der Waals surface area contributed by atoms with E-state index in [4.69, 9.17) is 14.2 Å². The summed E-state index contributed by atoms with van der Waals surface area (Å²) in [5, 5.41) is 11.9. The molecule has 1 amide bonds. The number of para-hydroxylation sites is 1. The lowest BCUT2D eigenvalue weighted by atomic mass is 9.94. The molecule has 204 valence electrons. The number of benzene rings is 3. The summed E-state index contributed by atoms with van der Waals surface area (Å²) in [6.07, 6.45) is 0. The Labute approximate surface area is 236 Å². The summed E-state index contributed by atoms with van der Waals surface area (Å²) in [5.74, 6) is -0.174. The van der Waals surface area contributed by atoms with Crippen LogP contribution in [0.4, 0.5) is 0 Å². The lowest BCUT2D eigenvalue weighted by Crippen LogP contribution is -2.31. The van der Waals surface area contributed by atoms with E-state index >= 15 is 0 Å². The summed E-state index contributed by atoms with van der Waals surface area (Å²) in [4.78, 5) is 34.2. The van der Waals surface area contributed by atoms with Crippen molar-refractivity contribution in [2.24, 2.45) is 0 Å². The summed E-state index contributed by atoms with van der Waals surface area (Å²) < 4.78 is 16.4. The molecule has 0 fully saturated rings. The molecule has 5 rings (SSSR count). The number of hydrogen-bond acceptors (Lipinski definition) is 8. The number of carbonyl (C=O) groups excluding carboxylic acids is 2. The van der Waals surface area contributed by atoms with Gasteiger partial charge in [0.25, 0.3) is 5.91 Å². The number of aromatic nitrogens is 1. The molecule has 0 bridgehead atoms. The van der Waals surface area contributed by atoms with Crippen molar-refractivity contribution in [2.75, 3.05) is 21.3 Å². The van der Waals surface area contributed by atoms with E-state index in [0.717, 1.165) is 11.1 Å². The van der Waals surface area contributed by atoms with Crippen molar-refractivity contribution in [3.63, 3.8) is 0 Å². The quantitative estimate of drug-likeness (QED) is 0.256. The van der Waals surface area contributed by atoms with Gasteiger partial charge in [0, 0.05) is 11.1 Å². The molecule has 0 aliphatic carbocycles. The smallest absolute Gasteiger partial charge is 0.290 e. The van der Waals surface area contributed by atoms with Gasteiger partial charge in [-0.2, -0.15) is 0 Å². The number of aliphatic hydroxyl groups is 1. The van der Waals surface area contributed by atoms with Crippen LogP contribution in [0.15, 0.2) is 84.1 Å². The second-order valence-corrected chi connectivity index (χ2v) is 10.2. The van der Waals surface area contributed by atoms with E-state index in [1.807, 2.05) is 48.5 Å². The zero-order chi connectivity index (χ0) is 28.4. The molecule has 1 N–H and O–H groups in total. The van der Waals surface area contributed by atoms with Crippen LogP contribution in [0.5, 0.6) is 17.2 Å². The normalized spacial score (nSPS) is 14.9. The fraction of sp³-hybridized carbons (Fsp3) is 0.194. The van der Waals surface area contributed by atoms with Crippen LogP contribution in [-0.2, 0) is 11.3 Å². The Kier molecular flexibility index (Phi) is 7.57. The first-order chi connectivity index (χ1) is 19.4. The number of methoxy groups -OCH3 is 3. The van der Waals surface area contributed by atoms with Gasteiger partial charge in [-0.1, -0.05) is 54.6 Å². The van der Waals surface area contributed by atoms with Gasteiger partial charge in [0.1, 0.15) is 10.8 Å². The van der Waals surface area contributed by atoms with E-state index in [1.165, 1.54) is 30.5 Å². The number of ketones is 1. The summed E-state index contributed by atoms with van der Waals surface area (Å²) in [6.45, 7) is 1.85. The Balaban J connectivity index is 1.62. The highest BCUT2D eigenvalue weighted by Gasteiger charge is 2.45. The first-order valence-corrected chi connectivity index (χ1v) is 13.3. The average molecular weight is 557 g/mol. The molecular weight excluding hydrogens is 528 g/mol. The van der Waals surface area contributed by atoms with Crippen LogP contribution >= 0.6 is 11.3 Å². The zero-order valence-corrected chi connectivity index (χ0v) is 23.3. The van der Waals surface area contributed by atoms with E-state index in [-0.39, 0.29) is 12.1 Å². The number of aryl methyl sites for hydroxylation is 1. The molecule has 40 heavy (non-hydrogen) atoms. The molecular formula is C31H28N2O6S. The van der Waals surface area contributed by atoms with Gasteiger partial charge in [0.05, 0.1) is 50.1 Å². The van der Waals surface area contributed by atoms with Crippen molar-refractivity contribution in [3.05, 3.63) is 106 Å². The van der Waals surface area contributed by atoms with Gasteiger partial charge in [0.2, 0.25) is 5.78 Å². The van der Waals surface area contributed by atoms with Crippen molar-refractivity contribution in [1.29, 1.82) is 0 Å². The maximum Gasteiger partial charge on any atom is 0.290 e. The molecule has 4 aromatic rings. The molecule has 1 atom stereocenters. The molecule has 1 aliphatic heterocycles. The summed E-state index contributed by atoms with van der Waals surface area (Å²) in [6, 6.07) is 21.2. The SMILES string of the molecule is COc1ccccc1CN1C(=O)C(O)=C(C(=O)c2sc(-c3ccccc3)nc2C)C1c1ccc(OC)c(OC)c1. The number of hydrogen-bond donors (Lipinski definition) is 1. The van der Waals surface area contributed by atoms with Crippen molar-refractivity contribution in [1.82, 2.24) is 9.88 Å². The standard InChI is InChI=1S/C31H28N2O6S/c1-18-29(40-30(32-18)19-10-6-5-7-11-19)27(34)25-26(20-14-15-23(38-3)24(16-20)39-4)33(31(36)28(25)35)17-21-12-8-9-13-22(21)37-2/h5-16,26,35H,17H2,1-4H3. The number of nitrogens with zero attached hydrogens (tertiary/aromatic N) is 2. The Bertz CT molecular complexity index is 1610. The van der Waals surface area contributed by atoms with E-state index < -0.39 is 23.5 Å². The number of ether oxygens (including phenoxy) is 3. The minimum Gasteiger partial charge on any atom is -0.503 e. The molecule has 9 heteroatoms. The lowest BCUT2D eigenvalue weighted by molar-refractivity contribution is -0.130. The molecule has 0 saturated carbocycles. The van der Waals surface area contributed by atoms with E-state index in [2.05, 4.69) is 4.98 Å². The summed E-state index contributed by atoms with van der Waals surface area (Å²) in [7, 11) is 4.60. The number of aliphatic hydroxyl groups excluding tert-OH is 1. The average Bonchev–Trinajstić information content (AvgIpc) is 3.50. The van der Waals surface area contributed by atoms with Crippen LogP contribution in [-0.4, -0.2) is 48.0 Å². The van der Waals surface area contributed by atoms with Crippen LogP contribution in [0.2, 0.25) is 0 Å². The maximum atomic E-state index is 14.1. The largest absolute Gasteiger partial charge is 0.503 e. The molecule has 0 saturated heterocycles. The molecule has 8 nitrogen and oxygen atoms in total. The lowest BCUT2D eigenvalue weighted by Gasteiger charge is -2.28. The maximum absolute atomic E-state index is 14.1. The van der Waals surface area contributed by atoms with Gasteiger partial charge < -0.3 is 24.2 Å². The van der Waals surface area contributed by atoms with E-state index in [9.17, 15) is 14.7 Å². The second-order valence-electron chi connectivity index (χ2n) is 9.15. The van der Waals surface area contributed by atoms with Gasteiger partial charge in [-0.15, -0.1) is 11.3 Å². The number of thiazole rings is 1. The Morgan fingerprint density at radius 1 is 0.925 bits per heavy atom. The highest BCUT2D eigenvalue weighted by Crippen LogP contribution is 2.44. The molecule has 3 aromatic carbocycles. The van der Waals surface area contributed by atoms with Gasteiger partial charge in [-0.25, -0.2) is 4.98 Å². The van der Waals surface area contributed by atoms with Crippen molar-refractivity contribution in [3.8, 4) is 27.8 Å². The predicted molar refractivity (Wildman–Crippen MR) is 152 cm³/mol.